The third-order valence-corrected chi connectivity index (χ3v) is 5.72. The van der Waals surface area contributed by atoms with Gasteiger partial charge >= 0.3 is 0 Å². The number of aromatic nitrogens is 5. The Labute approximate surface area is 176 Å². The van der Waals surface area contributed by atoms with Crippen molar-refractivity contribution in [3.63, 3.8) is 0 Å². The second kappa shape index (κ2) is 7.52. The molecule has 0 radical (unpaired) electrons. The van der Waals surface area contributed by atoms with E-state index < -0.39 is 0 Å². The van der Waals surface area contributed by atoms with Crippen LogP contribution < -0.4 is 4.90 Å². The van der Waals surface area contributed by atoms with Gasteiger partial charge in [0.1, 0.15) is 17.3 Å². The largest absolute Gasteiger partial charge is 0.346 e. The maximum absolute atomic E-state index is 5.06. The van der Waals surface area contributed by atoms with Gasteiger partial charge in [-0.2, -0.15) is 0 Å². The quantitative estimate of drug-likeness (QED) is 0.477. The van der Waals surface area contributed by atoms with Crippen molar-refractivity contribution in [3.8, 4) is 11.5 Å². The summed E-state index contributed by atoms with van der Waals surface area (Å²) in [5, 5.41) is 0. The molecule has 152 valence electrons. The van der Waals surface area contributed by atoms with E-state index in [9.17, 15) is 0 Å². The fourth-order valence-corrected chi connectivity index (χ4v) is 4.46. The minimum atomic E-state index is 0.200. The molecule has 4 heterocycles. The van der Waals surface area contributed by atoms with Crippen molar-refractivity contribution in [2.75, 3.05) is 11.4 Å². The first-order valence-electron chi connectivity index (χ1n) is 10.6. The van der Waals surface area contributed by atoms with Crippen LogP contribution in [0.25, 0.3) is 22.6 Å². The number of imidazole rings is 1. The summed E-state index contributed by atoms with van der Waals surface area (Å²) in [5.41, 5.74) is 4.00. The van der Waals surface area contributed by atoms with E-state index in [1.54, 1.807) is 6.20 Å². The van der Waals surface area contributed by atoms with Crippen molar-refractivity contribution in [2.24, 2.45) is 0 Å². The number of hydrogen-bond acceptors (Lipinski definition) is 5. The second-order valence-electron chi connectivity index (χ2n) is 8.18. The van der Waals surface area contributed by atoms with Gasteiger partial charge in [-0.05, 0) is 57.9 Å². The van der Waals surface area contributed by atoms with Gasteiger partial charge in [0, 0.05) is 30.5 Å². The van der Waals surface area contributed by atoms with Crippen LogP contribution in [0.4, 0.5) is 5.82 Å². The molecule has 1 fully saturated rings. The lowest BCUT2D eigenvalue weighted by molar-refractivity contribution is 0.539. The molecule has 0 bridgehead atoms. The molecule has 0 saturated carbocycles. The van der Waals surface area contributed by atoms with Crippen molar-refractivity contribution in [3.05, 3.63) is 66.2 Å². The number of aryl methyl sites for hydroxylation is 1. The number of hydrogen-bond donors (Lipinski definition) is 0. The molecular weight excluding hydrogens is 372 g/mol. The molecule has 0 aliphatic carbocycles. The Morgan fingerprint density at radius 3 is 2.63 bits per heavy atom. The van der Waals surface area contributed by atoms with E-state index in [1.165, 1.54) is 5.52 Å². The zero-order chi connectivity index (χ0) is 20.7. The minimum Gasteiger partial charge on any atom is -0.346 e. The zero-order valence-corrected chi connectivity index (χ0v) is 17.7. The SMILES string of the molecule is Cc1cc(N2CCCC2c2nc3ccccc3n2C(C)C)nc(-c2ccccn2)n1. The van der Waals surface area contributed by atoms with Crippen LogP contribution in [0.3, 0.4) is 0 Å². The first kappa shape index (κ1) is 18.7. The number of fused-ring (bicyclic) bond motifs is 1. The summed E-state index contributed by atoms with van der Waals surface area (Å²) in [4.78, 5) is 21.4. The van der Waals surface area contributed by atoms with Gasteiger partial charge in [0.05, 0.1) is 17.1 Å². The van der Waals surface area contributed by atoms with Crippen LogP contribution in [0.15, 0.2) is 54.7 Å². The summed E-state index contributed by atoms with van der Waals surface area (Å²) in [6.45, 7) is 7.44. The molecule has 0 N–H and O–H groups in total. The van der Waals surface area contributed by atoms with Gasteiger partial charge in [-0.1, -0.05) is 18.2 Å². The fraction of sp³-hybridized carbons (Fsp3) is 0.333. The molecule has 6 heteroatoms. The number of nitrogens with zero attached hydrogens (tertiary/aromatic N) is 6. The topological polar surface area (TPSA) is 59.7 Å². The van der Waals surface area contributed by atoms with Gasteiger partial charge in [0.2, 0.25) is 0 Å². The van der Waals surface area contributed by atoms with Gasteiger partial charge in [-0.3, -0.25) is 4.98 Å². The van der Waals surface area contributed by atoms with E-state index in [-0.39, 0.29) is 6.04 Å². The first-order valence-corrected chi connectivity index (χ1v) is 10.6. The lowest BCUT2D eigenvalue weighted by Gasteiger charge is -2.27. The minimum absolute atomic E-state index is 0.200. The monoisotopic (exact) mass is 398 g/mol. The number of rotatable bonds is 4. The van der Waals surface area contributed by atoms with Gasteiger partial charge in [-0.25, -0.2) is 15.0 Å². The van der Waals surface area contributed by atoms with E-state index >= 15 is 0 Å². The van der Waals surface area contributed by atoms with Gasteiger partial charge in [0.15, 0.2) is 5.82 Å². The standard InChI is InChI=1S/C24H26N6/c1-16(2)30-20-11-5-4-9-18(20)27-24(30)21-12-8-14-29(21)22-15-17(3)26-23(28-22)19-10-6-7-13-25-19/h4-7,9-11,13,15-16,21H,8,12,14H2,1-3H3. The molecule has 1 unspecified atom stereocenters. The van der Waals surface area contributed by atoms with Crippen molar-refractivity contribution in [2.45, 2.75) is 45.7 Å². The van der Waals surface area contributed by atoms with E-state index in [0.29, 0.717) is 11.9 Å². The summed E-state index contributed by atoms with van der Waals surface area (Å²) in [6.07, 6.45) is 3.97. The summed E-state index contributed by atoms with van der Waals surface area (Å²) < 4.78 is 2.38. The zero-order valence-electron chi connectivity index (χ0n) is 17.7. The second-order valence-corrected chi connectivity index (χ2v) is 8.18. The Morgan fingerprint density at radius 2 is 1.83 bits per heavy atom. The summed E-state index contributed by atoms with van der Waals surface area (Å²) in [5.74, 6) is 2.75. The Morgan fingerprint density at radius 1 is 1.00 bits per heavy atom. The molecule has 5 rings (SSSR count). The van der Waals surface area contributed by atoms with Crippen LogP contribution in [0, 0.1) is 6.92 Å². The maximum Gasteiger partial charge on any atom is 0.180 e. The molecule has 1 aliphatic heterocycles. The highest BCUT2D eigenvalue weighted by atomic mass is 15.3. The molecule has 1 aromatic carbocycles. The van der Waals surface area contributed by atoms with E-state index in [0.717, 1.165) is 47.9 Å². The fourth-order valence-electron chi connectivity index (χ4n) is 4.46. The van der Waals surface area contributed by atoms with Crippen molar-refractivity contribution >= 4 is 16.9 Å². The van der Waals surface area contributed by atoms with Crippen LogP contribution in [0.1, 0.15) is 50.3 Å². The van der Waals surface area contributed by atoms with Crippen LogP contribution in [-0.2, 0) is 0 Å². The first-order chi connectivity index (χ1) is 14.6. The maximum atomic E-state index is 5.06. The molecule has 30 heavy (non-hydrogen) atoms. The molecule has 1 atom stereocenters. The predicted octanol–water partition coefficient (Wildman–Crippen LogP) is 5.12. The Kier molecular flexibility index (Phi) is 4.69. The average molecular weight is 399 g/mol. The van der Waals surface area contributed by atoms with Crippen molar-refractivity contribution in [1.82, 2.24) is 24.5 Å². The average Bonchev–Trinajstić information content (AvgIpc) is 3.38. The summed E-state index contributed by atoms with van der Waals surface area (Å²) in [6, 6.07) is 16.9. The molecule has 0 amide bonds. The lowest BCUT2D eigenvalue weighted by Crippen LogP contribution is -2.27. The highest BCUT2D eigenvalue weighted by Crippen LogP contribution is 2.38. The van der Waals surface area contributed by atoms with Gasteiger partial charge < -0.3 is 9.47 Å². The van der Waals surface area contributed by atoms with Crippen molar-refractivity contribution < 1.29 is 0 Å². The lowest BCUT2D eigenvalue weighted by atomic mass is 10.2. The molecular formula is C24H26N6. The summed E-state index contributed by atoms with van der Waals surface area (Å²) in [7, 11) is 0. The molecule has 0 spiro atoms. The van der Waals surface area contributed by atoms with E-state index in [2.05, 4.69) is 63.6 Å². The Hall–Kier alpha value is -3.28. The van der Waals surface area contributed by atoms with Crippen molar-refractivity contribution in [1.29, 1.82) is 0 Å². The number of pyridine rings is 1. The molecule has 4 aromatic rings. The van der Waals surface area contributed by atoms with E-state index in [1.807, 2.05) is 25.1 Å². The normalized spacial score (nSPS) is 16.7. The van der Waals surface area contributed by atoms with Crippen LogP contribution in [0.2, 0.25) is 0 Å². The predicted molar refractivity (Wildman–Crippen MR) is 119 cm³/mol. The summed E-state index contributed by atoms with van der Waals surface area (Å²) >= 11 is 0. The van der Waals surface area contributed by atoms with Gasteiger partial charge in [-0.15, -0.1) is 0 Å². The molecule has 1 saturated heterocycles. The Balaban J connectivity index is 1.60. The highest BCUT2D eigenvalue weighted by molar-refractivity contribution is 5.76. The number of anilines is 1. The van der Waals surface area contributed by atoms with Crippen LogP contribution in [-0.4, -0.2) is 31.0 Å². The van der Waals surface area contributed by atoms with Crippen LogP contribution in [0.5, 0.6) is 0 Å². The number of benzene rings is 1. The molecule has 1 aliphatic rings. The third-order valence-electron chi connectivity index (χ3n) is 5.72. The smallest absolute Gasteiger partial charge is 0.180 e. The Bertz CT molecular complexity index is 1180. The third kappa shape index (κ3) is 3.22. The highest BCUT2D eigenvalue weighted by Gasteiger charge is 2.32. The molecule has 3 aromatic heterocycles. The van der Waals surface area contributed by atoms with Crippen LogP contribution >= 0.6 is 0 Å². The molecule has 6 nitrogen and oxygen atoms in total. The van der Waals surface area contributed by atoms with E-state index in [4.69, 9.17) is 9.97 Å². The van der Waals surface area contributed by atoms with Gasteiger partial charge in [0.25, 0.3) is 0 Å². The number of para-hydroxylation sites is 2.